The van der Waals surface area contributed by atoms with Crippen LogP contribution in [0.25, 0.3) is 0 Å². The maximum absolute atomic E-state index is 13.0. The highest BCUT2D eigenvalue weighted by Crippen LogP contribution is 2.30. The zero-order valence-electron chi connectivity index (χ0n) is 16.8. The number of anilines is 1. The van der Waals surface area contributed by atoms with Gasteiger partial charge >= 0.3 is 0 Å². The van der Waals surface area contributed by atoms with E-state index in [1.54, 1.807) is 23.2 Å². The summed E-state index contributed by atoms with van der Waals surface area (Å²) in [5, 5.41) is 11.6. The molecule has 1 aromatic carbocycles. The number of nitrogens with zero attached hydrogens (tertiary/aromatic N) is 5. The van der Waals surface area contributed by atoms with Gasteiger partial charge in [0.25, 0.3) is 11.6 Å². The summed E-state index contributed by atoms with van der Waals surface area (Å²) in [6, 6.07) is 8.76. The molecule has 4 rings (SSSR count). The van der Waals surface area contributed by atoms with Crippen LogP contribution in [0.15, 0.2) is 42.7 Å². The number of carbonyl (C=O) groups excluding carboxylic acids is 1. The van der Waals surface area contributed by atoms with Crippen molar-refractivity contribution in [1.82, 2.24) is 14.8 Å². The predicted molar refractivity (Wildman–Crippen MR) is 112 cm³/mol. The van der Waals surface area contributed by atoms with Crippen LogP contribution in [0.1, 0.15) is 15.9 Å². The van der Waals surface area contributed by atoms with Crippen LogP contribution in [0.3, 0.4) is 0 Å². The van der Waals surface area contributed by atoms with Crippen molar-refractivity contribution in [3.05, 3.63) is 64.0 Å². The van der Waals surface area contributed by atoms with E-state index in [1.807, 2.05) is 23.2 Å². The molecule has 0 saturated carbocycles. The van der Waals surface area contributed by atoms with E-state index in [4.69, 9.17) is 4.74 Å². The predicted octanol–water partition coefficient (Wildman–Crippen LogP) is 1.78. The molecule has 2 aromatic rings. The summed E-state index contributed by atoms with van der Waals surface area (Å²) in [6.07, 6.45) is 3.61. The molecule has 1 amide bonds. The molecule has 0 aliphatic carbocycles. The largest absolute Gasteiger partial charge is 0.378 e. The highest BCUT2D eigenvalue weighted by molar-refractivity contribution is 5.96. The van der Waals surface area contributed by atoms with Crippen molar-refractivity contribution < 1.29 is 14.5 Å². The van der Waals surface area contributed by atoms with Gasteiger partial charge in [-0.1, -0.05) is 6.07 Å². The number of nitro groups is 1. The van der Waals surface area contributed by atoms with Gasteiger partial charge in [-0.2, -0.15) is 0 Å². The van der Waals surface area contributed by atoms with E-state index in [1.165, 1.54) is 6.07 Å². The molecule has 1 aromatic heterocycles. The molecule has 2 aliphatic heterocycles. The first-order valence-electron chi connectivity index (χ1n) is 10.1. The molecule has 30 heavy (non-hydrogen) atoms. The van der Waals surface area contributed by atoms with Gasteiger partial charge in [0.05, 0.1) is 18.1 Å². The minimum Gasteiger partial charge on any atom is -0.378 e. The second-order valence-corrected chi connectivity index (χ2v) is 7.49. The molecule has 158 valence electrons. The van der Waals surface area contributed by atoms with Gasteiger partial charge in [0.2, 0.25) is 0 Å². The average Bonchev–Trinajstić information content (AvgIpc) is 2.80. The molecule has 0 spiro atoms. The summed E-state index contributed by atoms with van der Waals surface area (Å²) >= 11 is 0. The molecule has 0 radical (unpaired) electrons. The number of hydrogen-bond donors (Lipinski definition) is 0. The third kappa shape index (κ3) is 4.58. The van der Waals surface area contributed by atoms with Crippen molar-refractivity contribution in [3.8, 4) is 0 Å². The van der Waals surface area contributed by atoms with E-state index in [-0.39, 0.29) is 11.6 Å². The fourth-order valence-corrected chi connectivity index (χ4v) is 3.92. The number of hydrogen-bond acceptors (Lipinski definition) is 7. The number of aromatic nitrogens is 1. The summed E-state index contributed by atoms with van der Waals surface area (Å²) in [5.41, 5.74) is 2.02. The second-order valence-electron chi connectivity index (χ2n) is 7.49. The van der Waals surface area contributed by atoms with Gasteiger partial charge < -0.3 is 14.5 Å². The maximum atomic E-state index is 13.0. The number of morpholine rings is 1. The number of ether oxygens (including phenoxy) is 1. The Bertz CT molecular complexity index is 894. The smallest absolute Gasteiger partial charge is 0.293 e. The molecule has 2 fully saturated rings. The number of rotatable bonds is 5. The Kier molecular flexibility index (Phi) is 6.20. The van der Waals surface area contributed by atoms with Crippen LogP contribution in [-0.2, 0) is 11.3 Å². The van der Waals surface area contributed by atoms with Crippen molar-refractivity contribution in [1.29, 1.82) is 0 Å². The summed E-state index contributed by atoms with van der Waals surface area (Å²) in [4.78, 5) is 34.3. The number of nitro benzene ring substituents is 1. The number of carbonyl (C=O) groups is 1. The first kappa shape index (κ1) is 20.2. The normalized spacial score (nSPS) is 17.7. The first-order valence-corrected chi connectivity index (χ1v) is 10.1. The van der Waals surface area contributed by atoms with Crippen molar-refractivity contribution in [2.45, 2.75) is 6.54 Å². The van der Waals surface area contributed by atoms with Gasteiger partial charge in [0, 0.05) is 69.8 Å². The summed E-state index contributed by atoms with van der Waals surface area (Å²) in [6.45, 7) is 5.80. The monoisotopic (exact) mass is 411 g/mol. The Hall–Kier alpha value is -3.04. The fraction of sp³-hybridized carbons (Fsp3) is 0.429. The Balaban J connectivity index is 1.42. The first-order chi connectivity index (χ1) is 14.6. The zero-order valence-corrected chi connectivity index (χ0v) is 16.8. The number of amides is 1. The van der Waals surface area contributed by atoms with Gasteiger partial charge in [-0.3, -0.25) is 24.8 Å². The Morgan fingerprint density at radius 3 is 2.53 bits per heavy atom. The van der Waals surface area contributed by atoms with Gasteiger partial charge in [0.15, 0.2) is 0 Å². The standard InChI is InChI=1S/C21H25N5O4/c27-21(25-8-6-23(7-9-25)16-17-2-1-5-22-15-17)18-3-4-19(20(14-18)26(28)29)24-10-12-30-13-11-24/h1-5,14-15H,6-13,16H2. The SMILES string of the molecule is O=C(c1ccc(N2CCOCC2)c([N+](=O)[O-])c1)N1CCN(Cc2cccnc2)CC1. The van der Waals surface area contributed by atoms with Crippen molar-refractivity contribution in [3.63, 3.8) is 0 Å². The van der Waals surface area contributed by atoms with Crippen LogP contribution in [-0.4, -0.2) is 78.1 Å². The third-order valence-corrected chi connectivity index (χ3v) is 5.56. The van der Waals surface area contributed by atoms with Crippen molar-refractivity contribution in [2.75, 3.05) is 57.4 Å². The van der Waals surface area contributed by atoms with Crippen LogP contribution in [0.5, 0.6) is 0 Å². The molecule has 0 N–H and O–H groups in total. The Morgan fingerprint density at radius 1 is 1.10 bits per heavy atom. The number of pyridine rings is 1. The number of piperazine rings is 1. The van der Waals surface area contributed by atoms with Gasteiger partial charge in [0.1, 0.15) is 5.69 Å². The molecule has 0 atom stereocenters. The van der Waals surface area contributed by atoms with Gasteiger partial charge in [-0.15, -0.1) is 0 Å². The van der Waals surface area contributed by atoms with E-state index in [2.05, 4.69) is 9.88 Å². The highest BCUT2D eigenvalue weighted by atomic mass is 16.6. The van der Waals surface area contributed by atoms with Crippen molar-refractivity contribution in [2.24, 2.45) is 0 Å². The van der Waals surface area contributed by atoms with E-state index >= 15 is 0 Å². The highest BCUT2D eigenvalue weighted by Gasteiger charge is 2.26. The minimum atomic E-state index is -0.409. The second kappa shape index (κ2) is 9.19. The maximum Gasteiger partial charge on any atom is 0.293 e. The summed E-state index contributed by atoms with van der Waals surface area (Å²) in [5.74, 6) is -0.160. The van der Waals surface area contributed by atoms with E-state index < -0.39 is 4.92 Å². The summed E-state index contributed by atoms with van der Waals surface area (Å²) in [7, 11) is 0. The molecule has 0 unspecified atom stereocenters. The van der Waals surface area contributed by atoms with Crippen LogP contribution >= 0.6 is 0 Å². The molecular formula is C21H25N5O4. The van der Waals surface area contributed by atoms with E-state index in [0.717, 1.165) is 25.2 Å². The molecule has 9 nitrogen and oxygen atoms in total. The lowest BCUT2D eigenvalue weighted by Crippen LogP contribution is -2.48. The zero-order chi connectivity index (χ0) is 20.9. The summed E-state index contributed by atoms with van der Waals surface area (Å²) < 4.78 is 5.33. The van der Waals surface area contributed by atoms with Crippen molar-refractivity contribution >= 4 is 17.3 Å². The topological polar surface area (TPSA) is 92.0 Å². The lowest BCUT2D eigenvalue weighted by molar-refractivity contribution is -0.384. The van der Waals surface area contributed by atoms with Crippen LogP contribution in [0.4, 0.5) is 11.4 Å². The minimum absolute atomic E-state index is 0.0297. The molecule has 9 heteroatoms. The third-order valence-electron chi connectivity index (χ3n) is 5.56. The lowest BCUT2D eigenvalue weighted by atomic mass is 10.1. The van der Waals surface area contributed by atoms with Gasteiger partial charge in [-0.25, -0.2) is 0 Å². The molecule has 2 aliphatic rings. The van der Waals surface area contributed by atoms with Crippen LogP contribution < -0.4 is 4.90 Å². The average molecular weight is 411 g/mol. The molecule has 0 bridgehead atoms. The van der Waals surface area contributed by atoms with Crippen LogP contribution in [0, 0.1) is 10.1 Å². The lowest BCUT2D eigenvalue weighted by Gasteiger charge is -2.35. The van der Waals surface area contributed by atoms with E-state index in [0.29, 0.717) is 50.6 Å². The molecule has 3 heterocycles. The molecular weight excluding hydrogens is 386 g/mol. The van der Waals surface area contributed by atoms with Gasteiger partial charge in [-0.05, 0) is 23.8 Å². The Labute approximate surface area is 175 Å². The quantitative estimate of drug-likeness (QED) is 0.547. The number of benzene rings is 1. The fourth-order valence-electron chi connectivity index (χ4n) is 3.92. The van der Waals surface area contributed by atoms with Crippen LogP contribution in [0.2, 0.25) is 0 Å². The Morgan fingerprint density at radius 2 is 1.87 bits per heavy atom. The molecule has 2 saturated heterocycles. The van der Waals surface area contributed by atoms with E-state index in [9.17, 15) is 14.9 Å².